The minimum Gasteiger partial charge on any atom is -0.491 e. The fraction of sp³-hybridized carbons (Fsp3) is 0.364. The zero-order valence-corrected chi connectivity index (χ0v) is 9.87. The molecule has 1 heterocycles. The van der Waals surface area contributed by atoms with Gasteiger partial charge in [0, 0.05) is 6.54 Å². The molecule has 0 aliphatic carbocycles. The van der Waals surface area contributed by atoms with E-state index in [1.165, 1.54) is 0 Å². The zero-order chi connectivity index (χ0) is 10.7. The van der Waals surface area contributed by atoms with Crippen molar-refractivity contribution in [3.8, 4) is 5.75 Å². The van der Waals surface area contributed by atoms with Gasteiger partial charge in [-0.1, -0.05) is 28.1 Å². The van der Waals surface area contributed by atoms with Crippen molar-refractivity contribution in [3.63, 3.8) is 0 Å². The molecule has 1 aliphatic heterocycles. The van der Waals surface area contributed by atoms with E-state index in [-0.39, 0.29) is 5.91 Å². The molecule has 1 aromatic carbocycles. The lowest BCUT2D eigenvalue weighted by Crippen LogP contribution is -2.32. The Bertz CT molecular complexity index is 367. The van der Waals surface area contributed by atoms with E-state index in [1.807, 2.05) is 24.3 Å². The van der Waals surface area contributed by atoms with E-state index in [2.05, 4.69) is 15.9 Å². The summed E-state index contributed by atoms with van der Waals surface area (Å²) in [6, 6.07) is 7.65. The maximum atomic E-state index is 11.7. The van der Waals surface area contributed by atoms with Crippen molar-refractivity contribution in [2.45, 2.75) is 6.42 Å². The van der Waals surface area contributed by atoms with E-state index in [9.17, 15) is 4.79 Å². The van der Waals surface area contributed by atoms with Crippen LogP contribution in [-0.2, 0) is 4.79 Å². The smallest absolute Gasteiger partial charge is 0.237 e. The Labute approximate surface area is 97.2 Å². The Kier molecular flexibility index (Phi) is 3.26. The normalized spacial score (nSPS) is 15.1. The number of anilines is 1. The third-order valence-electron chi connectivity index (χ3n) is 2.36. The SMILES string of the molecule is O=C(CBr)N1CCCOc2ccccc21. The van der Waals surface area contributed by atoms with Gasteiger partial charge >= 0.3 is 0 Å². The van der Waals surface area contributed by atoms with Gasteiger partial charge in [-0.2, -0.15) is 0 Å². The zero-order valence-electron chi connectivity index (χ0n) is 8.28. The van der Waals surface area contributed by atoms with Crippen LogP contribution in [0, 0.1) is 0 Å². The van der Waals surface area contributed by atoms with Crippen molar-refractivity contribution < 1.29 is 9.53 Å². The third kappa shape index (κ3) is 2.15. The van der Waals surface area contributed by atoms with Crippen LogP contribution in [0.5, 0.6) is 5.75 Å². The van der Waals surface area contributed by atoms with Crippen molar-refractivity contribution in [1.82, 2.24) is 0 Å². The van der Waals surface area contributed by atoms with E-state index in [1.54, 1.807) is 4.90 Å². The number of halogens is 1. The molecule has 0 spiro atoms. The number of carbonyl (C=O) groups is 1. The molecule has 0 unspecified atom stereocenters. The number of hydrogen-bond donors (Lipinski definition) is 0. The first-order valence-electron chi connectivity index (χ1n) is 4.91. The van der Waals surface area contributed by atoms with Crippen LogP contribution < -0.4 is 9.64 Å². The number of amides is 1. The van der Waals surface area contributed by atoms with Gasteiger partial charge in [-0.15, -0.1) is 0 Å². The van der Waals surface area contributed by atoms with Crippen molar-refractivity contribution >= 4 is 27.5 Å². The number of hydrogen-bond acceptors (Lipinski definition) is 2. The van der Waals surface area contributed by atoms with Gasteiger partial charge in [0.05, 0.1) is 17.6 Å². The van der Waals surface area contributed by atoms with E-state index in [0.717, 1.165) is 24.4 Å². The number of fused-ring (bicyclic) bond motifs is 1. The number of rotatable bonds is 1. The highest BCUT2D eigenvalue weighted by atomic mass is 79.9. The van der Waals surface area contributed by atoms with Crippen molar-refractivity contribution in [2.75, 3.05) is 23.4 Å². The van der Waals surface area contributed by atoms with Crippen LogP contribution in [0.15, 0.2) is 24.3 Å². The monoisotopic (exact) mass is 269 g/mol. The average molecular weight is 270 g/mol. The van der Waals surface area contributed by atoms with Gasteiger partial charge in [-0.3, -0.25) is 4.79 Å². The summed E-state index contributed by atoms with van der Waals surface area (Å²) >= 11 is 3.20. The molecule has 80 valence electrons. The molecule has 0 saturated heterocycles. The fourth-order valence-electron chi connectivity index (χ4n) is 1.66. The summed E-state index contributed by atoms with van der Waals surface area (Å²) in [5.74, 6) is 0.872. The molecule has 0 atom stereocenters. The Morgan fingerprint density at radius 2 is 2.27 bits per heavy atom. The van der Waals surface area contributed by atoms with Gasteiger partial charge in [0.15, 0.2) is 0 Å². The lowest BCUT2D eigenvalue weighted by atomic mass is 10.2. The summed E-state index contributed by atoms with van der Waals surface area (Å²) < 4.78 is 5.56. The summed E-state index contributed by atoms with van der Waals surface area (Å²) in [4.78, 5) is 13.5. The molecule has 1 aromatic rings. The molecule has 15 heavy (non-hydrogen) atoms. The van der Waals surface area contributed by atoms with Gasteiger partial charge < -0.3 is 9.64 Å². The Morgan fingerprint density at radius 1 is 1.47 bits per heavy atom. The van der Waals surface area contributed by atoms with Crippen LogP contribution in [0.2, 0.25) is 0 Å². The molecule has 0 N–H and O–H groups in total. The summed E-state index contributed by atoms with van der Waals surface area (Å²) in [5.41, 5.74) is 0.874. The average Bonchev–Trinajstić information content (AvgIpc) is 2.50. The second-order valence-electron chi connectivity index (χ2n) is 3.35. The Hall–Kier alpha value is -1.03. The van der Waals surface area contributed by atoms with E-state index in [4.69, 9.17) is 4.74 Å². The topological polar surface area (TPSA) is 29.5 Å². The highest BCUT2D eigenvalue weighted by Gasteiger charge is 2.20. The Balaban J connectivity index is 2.37. The van der Waals surface area contributed by atoms with Crippen molar-refractivity contribution in [2.24, 2.45) is 0 Å². The molecule has 0 saturated carbocycles. The van der Waals surface area contributed by atoms with Crippen LogP contribution in [0.4, 0.5) is 5.69 Å². The van der Waals surface area contributed by atoms with Crippen LogP contribution in [0.3, 0.4) is 0 Å². The molecule has 0 aromatic heterocycles. The quantitative estimate of drug-likeness (QED) is 0.732. The molecular weight excluding hydrogens is 258 g/mol. The Morgan fingerprint density at radius 3 is 3.07 bits per heavy atom. The molecule has 0 fully saturated rings. The van der Waals surface area contributed by atoms with Gasteiger partial charge in [-0.05, 0) is 18.6 Å². The largest absolute Gasteiger partial charge is 0.491 e. The molecule has 0 bridgehead atoms. The molecule has 1 amide bonds. The predicted molar refractivity (Wildman–Crippen MR) is 62.7 cm³/mol. The first-order chi connectivity index (χ1) is 7.33. The number of benzene rings is 1. The first-order valence-corrected chi connectivity index (χ1v) is 6.03. The van der Waals surface area contributed by atoms with Gasteiger partial charge in [0.25, 0.3) is 0 Å². The number of nitrogens with zero attached hydrogens (tertiary/aromatic N) is 1. The third-order valence-corrected chi connectivity index (χ3v) is 2.83. The standard InChI is InChI=1S/C11H12BrNO2/c12-8-11(14)13-6-3-7-15-10-5-2-1-4-9(10)13/h1-2,4-5H,3,6-8H2. The van der Waals surface area contributed by atoms with E-state index >= 15 is 0 Å². The highest BCUT2D eigenvalue weighted by Crippen LogP contribution is 2.30. The highest BCUT2D eigenvalue weighted by molar-refractivity contribution is 9.09. The maximum Gasteiger partial charge on any atom is 0.237 e. The number of ether oxygens (including phenoxy) is 1. The maximum absolute atomic E-state index is 11.7. The van der Waals surface area contributed by atoms with Gasteiger partial charge in [-0.25, -0.2) is 0 Å². The van der Waals surface area contributed by atoms with Gasteiger partial charge in [0.2, 0.25) is 5.91 Å². The minimum atomic E-state index is 0.0768. The van der Waals surface area contributed by atoms with E-state index < -0.39 is 0 Å². The lowest BCUT2D eigenvalue weighted by Gasteiger charge is -2.20. The number of para-hydroxylation sites is 2. The first kappa shape index (κ1) is 10.5. The molecule has 1 aliphatic rings. The summed E-state index contributed by atoms with van der Waals surface area (Å²) in [5, 5.41) is 0.349. The number of carbonyl (C=O) groups excluding carboxylic acids is 1. The fourth-order valence-corrected chi connectivity index (χ4v) is 1.96. The summed E-state index contributed by atoms with van der Waals surface area (Å²) in [6.45, 7) is 1.39. The van der Waals surface area contributed by atoms with Crippen molar-refractivity contribution in [1.29, 1.82) is 0 Å². The predicted octanol–water partition coefficient (Wildman–Crippen LogP) is 2.20. The second kappa shape index (κ2) is 4.66. The lowest BCUT2D eigenvalue weighted by molar-refractivity contribution is -0.116. The molecule has 0 radical (unpaired) electrons. The van der Waals surface area contributed by atoms with Crippen molar-refractivity contribution in [3.05, 3.63) is 24.3 Å². The second-order valence-corrected chi connectivity index (χ2v) is 3.91. The van der Waals surface area contributed by atoms with E-state index in [0.29, 0.717) is 11.9 Å². The van der Waals surface area contributed by atoms with Crippen LogP contribution in [0.25, 0.3) is 0 Å². The minimum absolute atomic E-state index is 0.0768. The molecule has 3 nitrogen and oxygen atoms in total. The van der Waals surface area contributed by atoms with Crippen LogP contribution >= 0.6 is 15.9 Å². The summed E-state index contributed by atoms with van der Waals surface area (Å²) in [6.07, 6.45) is 0.868. The summed E-state index contributed by atoms with van der Waals surface area (Å²) in [7, 11) is 0. The molecule has 2 rings (SSSR count). The van der Waals surface area contributed by atoms with Crippen LogP contribution in [0.1, 0.15) is 6.42 Å². The molecular formula is C11H12BrNO2. The number of alkyl halides is 1. The van der Waals surface area contributed by atoms with Crippen LogP contribution in [-0.4, -0.2) is 24.4 Å². The van der Waals surface area contributed by atoms with Gasteiger partial charge in [0.1, 0.15) is 5.75 Å². The molecule has 4 heteroatoms.